The Kier molecular flexibility index (Phi) is 3.00. The molecule has 3 heteroatoms. The number of nitrogens with two attached hydrogens (primary N) is 1. The highest BCUT2D eigenvalue weighted by Crippen LogP contribution is 2.23. The molecule has 0 aromatic heterocycles. The molecule has 2 nitrogen and oxygen atoms in total. The van der Waals surface area contributed by atoms with Gasteiger partial charge in [0, 0.05) is 11.4 Å². The average molecular weight is 230 g/mol. The lowest BCUT2D eigenvalue weighted by atomic mass is 10.1. The molecule has 0 aliphatic rings. The largest absolute Gasteiger partial charge is 0.399 e. The van der Waals surface area contributed by atoms with E-state index in [-0.39, 0.29) is 5.82 Å². The first-order valence-corrected chi connectivity index (χ1v) is 5.45. The summed E-state index contributed by atoms with van der Waals surface area (Å²) in [5.74, 6) is -0.259. The maximum atomic E-state index is 13.5. The van der Waals surface area contributed by atoms with Crippen molar-refractivity contribution in [2.75, 3.05) is 11.1 Å². The van der Waals surface area contributed by atoms with Gasteiger partial charge in [0.25, 0.3) is 0 Å². The number of halogens is 1. The third-order valence-corrected chi connectivity index (χ3v) is 2.67. The van der Waals surface area contributed by atoms with Gasteiger partial charge < -0.3 is 11.1 Å². The van der Waals surface area contributed by atoms with Gasteiger partial charge in [0.15, 0.2) is 0 Å². The number of nitrogen functional groups attached to an aromatic ring is 1. The van der Waals surface area contributed by atoms with E-state index in [1.54, 1.807) is 12.1 Å². The number of rotatable bonds is 2. The Morgan fingerprint density at radius 2 is 1.82 bits per heavy atom. The van der Waals surface area contributed by atoms with Crippen molar-refractivity contribution in [3.8, 4) is 0 Å². The van der Waals surface area contributed by atoms with Crippen LogP contribution in [0.25, 0.3) is 0 Å². The molecule has 2 aromatic carbocycles. The van der Waals surface area contributed by atoms with Crippen LogP contribution in [0.15, 0.2) is 36.4 Å². The Bertz CT molecular complexity index is 550. The summed E-state index contributed by atoms with van der Waals surface area (Å²) in [4.78, 5) is 0. The van der Waals surface area contributed by atoms with Crippen LogP contribution in [-0.2, 0) is 0 Å². The van der Waals surface area contributed by atoms with Crippen molar-refractivity contribution in [3.63, 3.8) is 0 Å². The quantitative estimate of drug-likeness (QED) is 0.771. The minimum atomic E-state index is -0.259. The number of aryl methyl sites for hydroxylation is 2. The maximum absolute atomic E-state index is 13.5. The van der Waals surface area contributed by atoms with Crippen molar-refractivity contribution in [1.82, 2.24) is 0 Å². The van der Waals surface area contributed by atoms with Gasteiger partial charge >= 0.3 is 0 Å². The number of benzene rings is 2. The van der Waals surface area contributed by atoms with Crippen molar-refractivity contribution in [3.05, 3.63) is 53.3 Å². The molecule has 0 amide bonds. The lowest BCUT2D eigenvalue weighted by Crippen LogP contribution is -1.96. The third kappa shape index (κ3) is 2.56. The van der Waals surface area contributed by atoms with Gasteiger partial charge in [-0.1, -0.05) is 6.07 Å². The van der Waals surface area contributed by atoms with E-state index in [2.05, 4.69) is 5.32 Å². The van der Waals surface area contributed by atoms with E-state index in [1.165, 1.54) is 6.07 Å². The zero-order valence-corrected chi connectivity index (χ0v) is 9.92. The Hall–Kier alpha value is -2.03. The highest BCUT2D eigenvalue weighted by atomic mass is 19.1. The smallest absolute Gasteiger partial charge is 0.146 e. The summed E-state index contributed by atoms with van der Waals surface area (Å²) in [6.07, 6.45) is 0. The Morgan fingerprint density at radius 1 is 1.06 bits per heavy atom. The molecule has 0 radical (unpaired) electrons. The summed E-state index contributed by atoms with van der Waals surface area (Å²) in [7, 11) is 0. The van der Waals surface area contributed by atoms with E-state index >= 15 is 0 Å². The van der Waals surface area contributed by atoms with Crippen LogP contribution >= 0.6 is 0 Å². The fourth-order valence-corrected chi connectivity index (χ4v) is 1.64. The zero-order chi connectivity index (χ0) is 12.4. The lowest BCUT2D eigenvalue weighted by Gasteiger charge is -2.10. The molecular formula is C14H15FN2. The van der Waals surface area contributed by atoms with Crippen molar-refractivity contribution < 1.29 is 4.39 Å². The Balaban J connectivity index is 2.31. The zero-order valence-electron chi connectivity index (χ0n) is 9.92. The van der Waals surface area contributed by atoms with Gasteiger partial charge in [0.05, 0.1) is 5.69 Å². The second-order valence-electron chi connectivity index (χ2n) is 4.18. The molecule has 0 bridgehead atoms. The van der Waals surface area contributed by atoms with Crippen molar-refractivity contribution in [2.45, 2.75) is 13.8 Å². The summed E-state index contributed by atoms with van der Waals surface area (Å²) < 4.78 is 13.5. The summed E-state index contributed by atoms with van der Waals surface area (Å²) in [6, 6.07) is 10.5. The molecule has 0 saturated heterocycles. The van der Waals surface area contributed by atoms with Gasteiger partial charge in [-0.2, -0.15) is 0 Å². The monoisotopic (exact) mass is 230 g/mol. The van der Waals surface area contributed by atoms with Gasteiger partial charge in [-0.25, -0.2) is 4.39 Å². The van der Waals surface area contributed by atoms with Crippen LogP contribution in [0.5, 0.6) is 0 Å². The van der Waals surface area contributed by atoms with Gasteiger partial charge in [-0.15, -0.1) is 0 Å². The van der Waals surface area contributed by atoms with E-state index in [9.17, 15) is 4.39 Å². The SMILES string of the molecule is Cc1ccc(F)c(Nc2ccc(N)c(C)c2)c1. The standard InChI is InChI=1S/C14H15FN2/c1-9-3-5-12(15)14(7-9)17-11-4-6-13(16)10(2)8-11/h3-8,17H,16H2,1-2H3. The fraction of sp³-hybridized carbons (Fsp3) is 0.143. The van der Waals surface area contributed by atoms with Gasteiger partial charge in [0.2, 0.25) is 0 Å². The van der Waals surface area contributed by atoms with Gasteiger partial charge in [-0.3, -0.25) is 0 Å². The van der Waals surface area contributed by atoms with Crippen LogP contribution in [0, 0.1) is 19.7 Å². The van der Waals surface area contributed by atoms with Gasteiger partial charge in [-0.05, 0) is 55.3 Å². The van der Waals surface area contributed by atoms with Crippen LogP contribution in [-0.4, -0.2) is 0 Å². The summed E-state index contributed by atoms with van der Waals surface area (Å²) in [5.41, 5.74) is 9.78. The van der Waals surface area contributed by atoms with Crippen LogP contribution in [0.1, 0.15) is 11.1 Å². The van der Waals surface area contributed by atoms with Gasteiger partial charge in [0.1, 0.15) is 5.82 Å². The van der Waals surface area contributed by atoms with E-state index in [0.717, 1.165) is 22.5 Å². The minimum Gasteiger partial charge on any atom is -0.399 e. The number of anilines is 3. The first-order valence-electron chi connectivity index (χ1n) is 5.45. The topological polar surface area (TPSA) is 38.0 Å². The van der Waals surface area contributed by atoms with Crippen molar-refractivity contribution in [1.29, 1.82) is 0 Å². The summed E-state index contributed by atoms with van der Waals surface area (Å²) in [6.45, 7) is 3.85. The van der Waals surface area contributed by atoms with Crippen molar-refractivity contribution in [2.24, 2.45) is 0 Å². The highest BCUT2D eigenvalue weighted by molar-refractivity contribution is 5.64. The molecule has 0 fully saturated rings. The van der Waals surface area contributed by atoms with E-state index < -0.39 is 0 Å². The minimum absolute atomic E-state index is 0.259. The molecule has 0 aliphatic heterocycles. The molecule has 3 N–H and O–H groups in total. The van der Waals surface area contributed by atoms with E-state index in [0.29, 0.717) is 5.69 Å². The van der Waals surface area contributed by atoms with E-state index in [4.69, 9.17) is 5.73 Å². The molecule has 17 heavy (non-hydrogen) atoms. The number of nitrogens with one attached hydrogen (secondary N) is 1. The highest BCUT2D eigenvalue weighted by Gasteiger charge is 2.03. The predicted octanol–water partition coefficient (Wildman–Crippen LogP) is 3.77. The number of hydrogen-bond acceptors (Lipinski definition) is 2. The van der Waals surface area contributed by atoms with Crippen LogP contribution in [0.4, 0.5) is 21.5 Å². The lowest BCUT2D eigenvalue weighted by molar-refractivity contribution is 0.631. The summed E-state index contributed by atoms with van der Waals surface area (Å²) >= 11 is 0. The molecule has 2 aromatic rings. The maximum Gasteiger partial charge on any atom is 0.146 e. The fourth-order valence-electron chi connectivity index (χ4n) is 1.64. The molecule has 0 saturated carbocycles. The number of hydrogen-bond donors (Lipinski definition) is 2. The first kappa shape index (κ1) is 11.5. The molecule has 88 valence electrons. The molecule has 0 spiro atoms. The molecular weight excluding hydrogens is 215 g/mol. The third-order valence-electron chi connectivity index (χ3n) is 2.67. The summed E-state index contributed by atoms with van der Waals surface area (Å²) in [5, 5.41) is 3.05. The second-order valence-corrected chi connectivity index (χ2v) is 4.18. The molecule has 0 heterocycles. The van der Waals surface area contributed by atoms with Crippen LogP contribution < -0.4 is 11.1 Å². The average Bonchev–Trinajstić information content (AvgIpc) is 2.29. The second kappa shape index (κ2) is 4.45. The van der Waals surface area contributed by atoms with Crippen LogP contribution in [0.2, 0.25) is 0 Å². The molecule has 2 rings (SSSR count). The molecule has 0 unspecified atom stereocenters. The Morgan fingerprint density at radius 3 is 2.53 bits per heavy atom. The van der Waals surface area contributed by atoms with Crippen molar-refractivity contribution >= 4 is 17.1 Å². The molecule has 0 atom stereocenters. The first-order chi connectivity index (χ1) is 8.06. The normalized spacial score (nSPS) is 10.3. The van der Waals surface area contributed by atoms with E-state index in [1.807, 2.05) is 32.0 Å². The van der Waals surface area contributed by atoms with Crippen LogP contribution in [0.3, 0.4) is 0 Å². The molecule has 0 aliphatic carbocycles. The Labute approximate surface area is 100 Å². The predicted molar refractivity (Wildman–Crippen MR) is 70.0 cm³/mol.